The first-order valence-electron chi connectivity index (χ1n) is 51.4. The van der Waals surface area contributed by atoms with Gasteiger partial charge in [-0.15, -0.1) is 0 Å². The van der Waals surface area contributed by atoms with Crippen LogP contribution in [0, 0.1) is 109 Å². The summed E-state index contributed by atoms with van der Waals surface area (Å²) in [6.07, 6.45) is 20.2. The maximum Gasteiger partial charge on any atom is 0.0520 e. The van der Waals surface area contributed by atoms with E-state index in [1.165, 1.54) is 308 Å². The van der Waals surface area contributed by atoms with E-state index in [9.17, 15) is 0 Å². The Kier molecular flexibility index (Phi) is 26.3. The van der Waals surface area contributed by atoms with E-state index in [1.54, 1.807) is 22.3 Å². The average Bonchev–Trinajstić information content (AvgIpc) is 1.49. The second-order valence-electron chi connectivity index (χ2n) is 44.9. The van der Waals surface area contributed by atoms with Crippen molar-refractivity contribution in [3.8, 4) is 44.5 Å². The molecule has 0 aliphatic heterocycles. The van der Waals surface area contributed by atoms with E-state index in [1.807, 2.05) is 0 Å². The first-order valence-corrected chi connectivity index (χ1v) is 51.4. The van der Waals surface area contributed by atoms with Crippen LogP contribution in [-0.4, -0.2) is 0 Å². The molecule has 14 aromatic carbocycles. The Hall–Kier alpha value is -11.1. The smallest absolute Gasteiger partial charge is 0.0520 e. The summed E-state index contributed by atoms with van der Waals surface area (Å²) in [7, 11) is 0. The summed E-state index contributed by atoms with van der Waals surface area (Å²) in [5.74, 6) is 1.45. The topological polar surface area (TPSA) is 6.48 Å². The molecule has 0 radical (unpaired) electrons. The molecule has 5 aliphatic carbocycles. The van der Waals surface area contributed by atoms with Gasteiger partial charge in [0.05, 0.1) is 11.4 Å². The highest BCUT2D eigenvalue weighted by molar-refractivity contribution is 5.96. The van der Waals surface area contributed by atoms with Crippen LogP contribution in [0.1, 0.15) is 318 Å². The predicted octanol–water partition coefficient (Wildman–Crippen LogP) is 37.4. The molecule has 0 N–H and O–H groups in total. The maximum absolute atomic E-state index is 2.64. The molecule has 134 heavy (non-hydrogen) atoms. The van der Waals surface area contributed by atoms with Crippen LogP contribution in [0.15, 0.2) is 243 Å². The van der Waals surface area contributed by atoms with Crippen LogP contribution in [0.2, 0.25) is 0 Å². The zero-order valence-corrected chi connectivity index (χ0v) is 86.5. The summed E-state index contributed by atoms with van der Waals surface area (Å²) < 4.78 is 0. The summed E-state index contributed by atoms with van der Waals surface area (Å²) in [6.45, 7) is 59.7. The van der Waals surface area contributed by atoms with Gasteiger partial charge in [-0.2, -0.15) is 0 Å². The average molecular weight is 1770 g/mol. The van der Waals surface area contributed by atoms with E-state index in [2.05, 4.69) is 432 Å². The van der Waals surface area contributed by atoms with Crippen molar-refractivity contribution >= 4 is 44.9 Å². The van der Waals surface area contributed by atoms with Crippen molar-refractivity contribution in [2.45, 2.75) is 315 Å². The maximum atomic E-state index is 2.64. The Morgan fingerprint density at radius 2 is 0.597 bits per heavy atom. The van der Waals surface area contributed by atoms with Crippen molar-refractivity contribution < 1.29 is 0 Å². The Bertz CT molecular complexity index is 6460. The quantitative estimate of drug-likeness (QED) is 0.0707. The molecule has 2 fully saturated rings. The van der Waals surface area contributed by atoms with Crippen LogP contribution < -0.4 is 9.80 Å². The van der Waals surface area contributed by atoms with Crippen LogP contribution in [0.5, 0.6) is 0 Å². The molecule has 2 saturated carbocycles. The van der Waals surface area contributed by atoms with Gasteiger partial charge in [0.1, 0.15) is 0 Å². The minimum Gasteiger partial charge on any atom is -0.310 e. The molecule has 3 unspecified atom stereocenters. The lowest BCUT2D eigenvalue weighted by Gasteiger charge is -2.48. The van der Waals surface area contributed by atoms with Gasteiger partial charge in [-0.3, -0.25) is 0 Å². The number of hydrogen-bond donors (Lipinski definition) is 0. The lowest BCUT2D eigenvalue weighted by molar-refractivity contribution is 0.299. The molecule has 0 spiro atoms. The minimum absolute atomic E-state index is 0.0838. The van der Waals surface area contributed by atoms with Crippen LogP contribution in [0.25, 0.3) is 55.3 Å². The van der Waals surface area contributed by atoms with Gasteiger partial charge in [-0.25, -0.2) is 0 Å². The van der Waals surface area contributed by atoms with Gasteiger partial charge < -0.3 is 9.80 Å². The molecular weight excluding hydrogens is 1610 g/mol. The largest absolute Gasteiger partial charge is 0.310 e. The van der Waals surface area contributed by atoms with Crippen molar-refractivity contribution in [2.24, 2.45) is 11.8 Å². The number of anilines is 6. The van der Waals surface area contributed by atoms with Crippen LogP contribution >= 0.6 is 0 Å². The van der Waals surface area contributed by atoms with Gasteiger partial charge in [0.2, 0.25) is 0 Å². The third-order valence-electron chi connectivity index (χ3n) is 32.6. The normalized spacial score (nSPS) is 17.4. The molecule has 2 heteroatoms. The second kappa shape index (κ2) is 37.2. The van der Waals surface area contributed by atoms with Crippen molar-refractivity contribution in [1.82, 2.24) is 0 Å². The van der Waals surface area contributed by atoms with Crippen molar-refractivity contribution in [1.29, 1.82) is 0 Å². The summed E-state index contributed by atoms with van der Waals surface area (Å²) in [5.41, 5.74) is 55.0. The molecule has 0 bridgehead atoms. The van der Waals surface area contributed by atoms with Crippen LogP contribution in [0.4, 0.5) is 34.1 Å². The third-order valence-corrected chi connectivity index (χ3v) is 32.6. The number of aryl methyl sites for hydroxylation is 14. The summed E-state index contributed by atoms with van der Waals surface area (Å²) in [6, 6.07) is 95.7. The zero-order valence-electron chi connectivity index (χ0n) is 86.5. The molecule has 0 amide bonds. The minimum atomic E-state index is -0.216. The molecule has 0 saturated heterocycles. The first-order chi connectivity index (χ1) is 63.9. The van der Waals surface area contributed by atoms with Crippen LogP contribution in [-0.2, 0) is 45.3 Å². The summed E-state index contributed by atoms with van der Waals surface area (Å²) in [4.78, 5) is 5.12. The molecule has 0 aromatic heterocycles. The van der Waals surface area contributed by atoms with E-state index in [0.29, 0.717) is 0 Å². The standard InChI is InChI=1S/C58H66N2.C50H62.C24H24/c1-37-15-19-45(20-16-37)59(53-39(3)31-43(32-40(53)4)55(7,8)9)47-23-25-49-50-26-24-48(36-52(50)58-29-13-27-57(58,28-14-30-58)51(49)35-47)60(46-21-17-38(2)18-22-46)54-41(5)33-44(34-42(54)6)56(10,11)12;1-10-14-16-37(12-3)28-41-23-36(8)26-46-42(29-38(13-4)17-15-11-2)30-40(31-47(41)46)39-19-21-45-44-20-18-33(5)27-48(44)50(9,49(45)32-39)43-24-34(6)22-35(7)25-43;1-15-6-8-20-21-9-7-16(2)14-23(21)24(5,22(20)13-15)19-11-17(3)10-18(4)12-19/h15-26,31-36H,13-14,27-30H2,1-12H3;18-27,30-32,37-38H,10-17,28-29H2,1-9H3;6-14H,1-5H3. The number of unbranched alkanes of at least 4 members (excludes halogenated alkanes) is 2. The fraction of sp³-hybridized carbons (Fsp3) is 0.379. The molecule has 14 aromatic rings. The van der Waals surface area contributed by atoms with Gasteiger partial charge in [0.15, 0.2) is 0 Å². The Labute approximate surface area is 808 Å². The summed E-state index contributed by atoms with van der Waals surface area (Å²) in [5, 5.41) is 2.98. The lowest BCUT2D eigenvalue weighted by Crippen LogP contribution is -2.43. The fourth-order valence-corrected chi connectivity index (χ4v) is 25.5. The highest BCUT2D eigenvalue weighted by atomic mass is 15.2. The van der Waals surface area contributed by atoms with Gasteiger partial charge >= 0.3 is 0 Å². The van der Waals surface area contributed by atoms with Crippen molar-refractivity contribution in [2.75, 3.05) is 9.80 Å². The Balaban J connectivity index is 0.000000152. The lowest BCUT2D eigenvalue weighted by atomic mass is 9.55. The van der Waals surface area contributed by atoms with Crippen molar-refractivity contribution in [3.63, 3.8) is 0 Å². The molecule has 0 heterocycles. The van der Waals surface area contributed by atoms with Gasteiger partial charge in [0, 0.05) is 44.4 Å². The van der Waals surface area contributed by atoms with E-state index in [-0.39, 0.29) is 32.5 Å². The molecule has 19 rings (SSSR count). The highest BCUT2D eigenvalue weighted by Gasteiger charge is 2.62. The molecule has 3 atom stereocenters. The van der Waals surface area contributed by atoms with Crippen LogP contribution in [0.3, 0.4) is 0 Å². The van der Waals surface area contributed by atoms with Gasteiger partial charge in [-0.05, 0) is 377 Å². The summed E-state index contributed by atoms with van der Waals surface area (Å²) >= 11 is 0. The molecule has 690 valence electrons. The molecular formula is C132H152N2. The zero-order chi connectivity index (χ0) is 95.2. The van der Waals surface area contributed by atoms with E-state index in [4.69, 9.17) is 0 Å². The number of nitrogens with zero attached hydrogens (tertiary/aromatic N) is 2. The van der Waals surface area contributed by atoms with Gasteiger partial charge in [-0.1, -0.05) is 371 Å². The SMILES string of the molecule is CCCCC(CC)Cc1cc(-c2ccc3c(c2)C(C)(c2cc(C)cc(C)c2)c2cc(C)ccc2-3)cc2c(CC(CC)CCCC)cc(C)cc12.Cc1cc(C)cc(C2(C)c3cc(C)ccc3-c3ccc(C)cc32)c1.Cc1ccc(N(c2ccc3c(c2)C24CCCC2(CCC4)c2cc(N(c4ccc(C)cc4)c4c(C)cc(C(C)(C)C)cc4C)ccc2-3)c2c(C)cc(C(C)(C)C)cc2C)cc1. The predicted molar refractivity (Wildman–Crippen MR) is 581 cm³/mol. The number of rotatable bonds is 21. The van der Waals surface area contributed by atoms with E-state index >= 15 is 0 Å². The second-order valence-corrected chi connectivity index (χ2v) is 44.9. The first kappa shape index (κ1) is 94.7. The number of hydrogen-bond acceptors (Lipinski definition) is 2. The fourth-order valence-electron chi connectivity index (χ4n) is 25.5. The monoisotopic (exact) mass is 1770 g/mol. The molecule has 5 aliphatic rings. The van der Waals surface area contributed by atoms with Crippen molar-refractivity contribution in [3.05, 3.63) is 387 Å². The van der Waals surface area contributed by atoms with Gasteiger partial charge in [0.25, 0.3) is 0 Å². The highest BCUT2D eigenvalue weighted by Crippen LogP contribution is 2.70. The molecule has 2 nitrogen and oxygen atoms in total. The van der Waals surface area contributed by atoms with E-state index < -0.39 is 0 Å². The Morgan fingerprint density at radius 1 is 0.284 bits per heavy atom. The number of benzene rings is 14. The number of fused-ring (bicyclic) bond motifs is 10. The third kappa shape index (κ3) is 17.4. The van der Waals surface area contributed by atoms with E-state index in [0.717, 1.165) is 18.3 Å². The Morgan fingerprint density at radius 3 is 0.955 bits per heavy atom.